The molecule has 0 aromatic heterocycles. The van der Waals surface area contributed by atoms with Gasteiger partial charge in [-0.2, -0.15) is 0 Å². The molecule has 9 heteroatoms. The molecule has 4 rings (SSSR count). The molecule has 1 saturated heterocycles. The smallest absolute Gasteiger partial charge is 0.264 e. The molecule has 0 radical (unpaired) electrons. The first kappa shape index (κ1) is 21.1. The molecule has 2 aliphatic heterocycles. The number of nitrogens with zero attached hydrogens (tertiary/aromatic N) is 1. The van der Waals surface area contributed by atoms with Gasteiger partial charge < -0.3 is 20.1 Å². The lowest BCUT2D eigenvalue weighted by Gasteiger charge is -2.28. The molecule has 1 amide bonds. The molecule has 2 aromatic rings. The molecule has 162 valence electrons. The van der Waals surface area contributed by atoms with Gasteiger partial charge in [-0.15, -0.1) is 0 Å². The summed E-state index contributed by atoms with van der Waals surface area (Å²) in [6.45, 7) is 1.63. The largest absolute Gasteiger partial charge is 0.448 e. The standard InChI is InChI=1S/C22H26N6O3/c1-24-22(31-19(23)17-13-30-12-11-25-17)28-20-21(29)26-16-10-6-5-9-15(16)18(27-20)14-7-3-2-4-8-14/h2-10,17,20,22-25,28H,11-13H2,1H3,(H,26,29). The number of ether oxygens (including phenoxy) is 2. The second kappa shape index (κ2) is 9.80. The zero-order chi connectivity index (χ0) is 21.6. The van der Waals surface area contributed by atoms with Gasteiger partial charge >= 0.3 is 0 Å². The first-order valence-electron chi connectivity index (χ1n) is 10.2. The quantitative estimate of drug-likeness (QED) is 0.268. The van der Waals surface area contributed by atoms with Crippen molar-refractivity contribution < 1.29 is 14.3 Å². The molecule has 0 bridgehead atoms. The lowest BCUT2D eigenvalue weighted by Crippen LogP contribution is -2.55. The summed E-state index contributed by atoms with van der Waals surface area (Å²) in [6.07, 6.45) is -1.72. The number of carbonyl (C=O) groups excluding carboxylic acids is 1. The second-order valence-electron chi connectivity index (χ2n) is 7.18. The Kier molecular flexibility index (Phi) is 6.68. The number of anilines is 1. The molecule has 9 nitrogen and oxygen atoms in total. The minimum absolute atomic E-state index is 0.0242. The third kappa shape index (κ3) is 4.97. The van der Waals surface area contributed by atoms with E-state index in [1.807, 2.05) is 54.6 Å². The van der Waals surface area contributed by atoms with Crippen molar-refractivity contribution in [2.75, 3.05) is 32.1 Å². The topological polar surface area (TPSA) is 120 Å². The number of rotatable bonds is 6. The van der Waals surface area contributed by atoms with Gasteiger partial charge in [0, 0.05) is 17.7 Å². The summed E-state index contributed by atoms with van der Waals surface area (Å²) in [6, 6.07) is 17.0. The van der Waals surface area contributed by atoms with Gasteiger partial charge in [-0.05, 0) is 13.1 Å². The van der Waals surface area contributed by atoms with E-state index in [0.717, 1.165) is 11.1 Å². The second-order valence-corrected chi connectivity index (χ2v) is 7.18. The number of benzodiazepines with no additional fused rings is 1. The monoisotopic (exact) mass is 422 g/mol. The van der Waals surface area contributed by atoms with Crippen LogP contribution in [0.4, 0.5) is 5.69 Å². The molecule has 0 spiro atoms. The molecule has 2 heterocycles. The summed E-state index contributed by atoms with van der Waals surface area (Å²) in [5.41, 5.74) is 3.12. The lowest BCUT2D eigenvalue weighted by atomic mass is 10.0. The maximum absolute atomic E-state index is 12.9. The highest BCUT2D eigenvalue weighted by molar-refractivity contribution is 6.19. The molecule has 1 fully saturated rings. The summed E-state index contributed by atoms with van der Waals surface area (Å²) >= 11 is 0. The lowest BCUT2D eigenvalue weighted by molar-refractivity contribution is -0.118. The summed E-state index contributed by atoms with van der Waals surface area (Å²) in [4.78, 5) is 17.7. The van der Waals surface area contributed by atoms with E-state index in [-0.39, 0.29) is 17.8 Å². The molecule has 0 saturated carbocycles. The first-order valence-corrected chi connectivity index (χ1v) is 10.2. The van der Waals surface area contributed by atoms with E-state index in [0.29, 0.717) is 31.2 Å². The number of carbonyl (C=O) groups is 1. The fourth-order valence-electron chi connectivity index (χ4n) is 3.46. The predicted molar refractivity (Wildman–Crippen MR) is 118 cm³/mol. The molecule has 5 N–H and O–H groups in total. The maximum Gasteiger partial charge on any atom is 0.264 e. The third-order valence-corrected chi connectivity index (χ3v) is 5.05. The van der Waals surface area contributed by atoms with Gasteiger partial charge in [-0.3, -0.25) is 20.5 Å². The van der Waals surface area contributed by atoms with Crippen LogP contribution < -0.4 is 21.3 Å². The average molecular weight is 422 g/mol. The number of fused-ring (bicyclic) bond motifs is 1. The van der Waals surface area contributed by atoms with Crippen molar-refractivity contribution >= 4 is 23.2 Å². The Hall–Kier alpha value is -3.11. The van der Waals surface area contributed by atoms with Crippen LogP contribution in [-0.2, 0) is 14.3 Å². The number of hydrogen-bond acceptors (Lipinski definition) is 8. The van der Waals surface area contributed by atoms with Crippen molar-refractivity contribution in [3.05, 3.63) is 65.7 Å². The van der Waals surface area contributed by atoms with E-state index >= 15 is 0 Å². The first-order chi connectivity index (χ1) is 15.2. The van der Waals surface area contributed by atoms with E-state index < -0.39 is 12.5 Å². The zero-order valence-corrected chi connectivity index (χ0v) is 17.2. The van der Waals surface area contributed by atoms with Crippen LogP contribution in [0.5, 0.6) is 0 Å². The molecule has 0 aliphatic carbocycles. The van der Waals surface area contributed by atoms with Crippen molar-refractivity contribution in [1.82, 2.24) is 16.0 Å². The molecule has 2 aliphatic rings. The van der Waals surface area contributed by atoms with Crippen molar-refractivity contribution in [3.63, 3.8) is 0 Å². The van der Waals surface area contributed by atoms with E-state index in [4.69, 9.17) is 19.9 Å². The highest BCUT2D eigenvalue weighted by Crippen LogP contribution is 2.23. The van der Waals surface area contributed by atoms with Crippen LogP contribution in [0.2, 0.25) is 0 Å². The predicted octanol–water partition coefficient (Wildman–Crippen LogP) is 0.877. The Bertz CT molecular complexity index is 959. The van der Waals surface area contributed by atoms with Gasteiger partial charge in [0.2, 0.25) is 12.2 Å². The molecular formula is C22H26N6O3. The molecule has 3 unspecified atom stereocenters. The van der Waals surface area contributed by atoms with Crippen LogP contribution in [0.15, 0.2) is 59.6 Å². The van der Waals surface area contributed by atoms with E-state index in [9.17, 15) is 4.79 Å². The number of benzene rings is 2. The number of amides is 1. The Morgan fingerprint density at radius 3 is 2.74 bits per heavy atom. The summed E-state index contributed by atoms with van der Waals surface area (Å²) < 4.78 is 11.1. The third-order valence-electron chi connectivity index (χ3n) is 5.05. The Labute approximate surface area is 180 Å². The van der Waals surface area contributed by atoms with Gasteiger partial charge in [-0.1, -0.05) is 48.5 Å². The number of para-hydroxylation sites is 1. The zero-order valence-electron chi connectivity index (χ0n) is 17.2. The van der Waals surface area contributed by atoms with Gasteiger partial charge in [0.25, 0.3) is 5.91 Å². The van der Waals surface area contributed by atoms with Crippen LogP contribution in [0.3, 0.4) is 0 Å². The van der Waals surface area contributed by atoms with Crippen LogP contribution in [0, 0.1) is 5.41 Å². The van der Waals surface area contributed by atoms with Crippen LogP contribution in [0.1, 0.15) is 11.1 Å². The highest BCUT2D eigenvalue weighted by Gasteiger charge is 2.29. The Morgan fingerprint density at radius 1 is 1.23 bits per heavy atom. The minimum Gasteiger partial charge on any atom is -0.448 e. The van der Waals surface area contributed by atoms with Gasteiger partial charge in [0.15, 0.2) is 6.17 Å². The van der Waals surface area contributed by atoms with Crippen molar-refractivity contribution in [2.24, 2.45) is 4.99 Å². The Balaban J connectivity index is 1.58. The van der Waals surface area contributed by atoms with Crippen molar-refractivity contribution in [1.29, 1.82) is 5.41 Å². The fraction of sp³-hybridized carbons (Fsp3) is 0.318. The van der Waals surface area contributed by atoms with Crippen LogP contribution in [-0.4, -0.2) is 62.9 Å². The van der Waals surface area contributed by atoms with E-state index in [2.05, 4.69) is 21.3 Å². The minimum atomic E-state index is -0.927. The average Bonchev–Trinajstić information content (AvgIpc) is 2.96. The SMILES string of the molecule is CNC(NC1N=C(c2ccccc2)c2ccccc2NC1=O)OC(=N)C1COCCN1. The van der Waals surface area contributed by atoms with E-state index in [1.165, 1.54) is 0 Å². The highest BCUT2D eigenvalue weighted by atomic mass is 16.5. The molecule has 2 aromatic carbocycles. The molecule has 3 atom stereocenters. The number of morpholine rings is 1. The molecule has 31 heavy (non-hydrogen) atoms. The summed E-state index contributed by atoms with van der Waals surface area (Å²) in [5, 5.41) is 20.3. The van der Waals surface area contributed by atoms with Crippen molar-refractivity contribution in [3.8, 4) is 0 Å². The fourth-order valence-corrected chi connectivity index (χ4v) is 3.46. The van der Waals surface area contributed by atoms with Gasteiger partial charge in [0.1, 0.15) is 6.04 Å². The normalized spacial score (nSPS) is 21.8. The summed E-state index contributed by atoms with van der Waals surface area (Å²) in [7, 11) is 1.68. The van der Waals surface area contributed by atoms with E-state index in [1.54, 1.807) is 7.05 Å². The Morgan fingerprint density at radius 2 is 2.00 bits per heavy atom. The van der Waals surface area contributed by atoms with Gasteiger partial charge in [0.05, 0.1) is 24.6 Å². The summed E-state index contributed by atoms with van der Waals surface area (Å²) in [5.74, 6) is -0.288. The maximum atomic E-state index is 12.9. The van der Waals surface area contributed by atoms with Gasteiger partial charge in [-0.25, -0.2) is 5.32 Å². The van der Waals surface area contributed by atoms with Crippen LogP contribution >= 0.6 is 0 Å². The molecular weight excluding hydrogens is 396 g/mol. The number of aliphatic imine (C=N–C) groups is 1. The number of hydrogen-bond donors (Lipinski definition) is 5. The number of nitrogens with one attached hydrogen (secondary N) is 5. The van der Waals surface area contributed by atoms with Crippen molar-refractivity contribution in [2.45, 2.75) is 18.6 Å². The van der Waals surface area contributed by atoms with Crippen LogP contribution in [0.25, 0.3) is 0 Å².